The Bertz CT molecular complexity index is 288. The van der Waals surface area contributed by atoms with Gasteiger partial charge in [0.05, 0.1) is 19.7 Å². The molecule has 0 aromatic rings. The smallest absolute Gasteiger partial charge is 0.321 e. The predicted octanol–water partition coefficient (Wildman–Crippen LogP) is 0.0276. The fraction of sp³-hybridized carbons (Fsp3) is 0.818. The highest BCUT2D eigenvalue weighted by Gasteiger charge is 2.16. The Hall–Kier alpha value is -1.28. The number of aliphatic hydroxyl groups excluding tert-OH is 1. The molecule has 0 radical (unpaired) electrons. The molecule has 112 valence electrons. The minimum absolute atomic E-state index is 0.0502. The number of rotatable bonds is 8. The average Bonchev–Trinajstić information content (AvgIpc) is 2.25. The molecular formula is C11H21F2N3O3. The summed E-state index contributed by atoms with van der Waals surface area (Å²) in [7, 11) is 0. The highest BCUT2D eigenvalue weighted by molar-refractivity contribution is 5.95. The van der Waals surface area contributed by atoms with Crippen molar-refractivity contribution in [2.75, 3.05) is 32.8 Å². The van der Waals surface area contributed by atoms with Crippen molar-refractivity contribution in [2.24, 2.45) is 5.92 Å². The molecule has 0 saturated carbocycles. The van der Waals surface area contributed by atoms with Crippen LogP contribution in [0.25, 0.3) is 0 Å². The van der Waals surface area contributed by atoms with Gasteiger partial charge >= 0.3 is 6.03 Å². The normalized spacial score (nSPS) is 11.2. The van der Waals surface area contributed by atoms with Crippen LogP contribution in [0.1, 0.15) is 13.8 Å². The Labute approximate surface area is 111 Å². The van der Waals surface area contributed by atoms with Gasteiger partial charge in [-0.2, -0.15) is 0 Å². The van der Waals surface area contributed by atoms with Crippen molar-refractivity contribution in [3.63, 3.8) is 0 Å². The molecule has 0 unspecified atom stereocenters. The average molecular weight is 281 g/mol. The molecule has 0 saturated heterocycles. The van der Waals surface area contributed by atoms with E-state index in [9.17, 15) is 18.4 Å². The summed E-state index contributed by atoms with van der Waals surface area (Å²) in [5, 5.41) is 13.2. The molecule has 3 N–H and O–H groups in total. The van der Waals surface area contributed by atoms with E-state index in [4.69, 9.17) is 5.11 Å². The molecule has 3 amide bonds. The van der Waals surface area contributed by atoms with Crippen LogP contribution >= 0.6 is 0 Å². The monoisotopic (exact) mass is 281 g/mol. The van der Waals surface area contributed by atoms with Crippen LogP contribution in [0.15, 0.2) is 0 Å². The number of nitrogens with one attached hydrogen (secondary N) is 2. The minimum atomic E-state index is -2.60. The number of imide groups is 1. The third kappa shape index (κ3) is 10.3. The first-order valence-electron chi connectivity index (χ1n) is 6.04. The Morgan fingerprint density at radius 3 is 2.42 bits per heavy atom. The molecule has 0 aliphatic carbocycles. The lowest BCUT2D eigenvalue weighted by Gasteiger charge is -2.19. The second-order valence-corrected chi connectivity index (χ2v) is 4.50. The van der Waals surface area contributed by atoms with E-state index in [-0.39, 0.29) is 25.6 Å². The van der Waals surface area contributed by atoms with E-state index in [0.717, 1.165) is 4.90 Å². The number of urea groups is 1. The van der Waals surface area contributed by atoms with Gasteiger partial charge in [0.1, 0.15) is 0 Å². The van der Waals surface area contributed by atoms with Gasteiger partial charge in [0.15, 0.2) is 0 Å². The number of carbonyl (C=O) groups excluding carboxylic acids is 2. The van der Waals surface area contributed by atoms with Crippen molar-refractivity contribution in [3.05, 3.63) is 0 Å². The zero-order chi connectivity index (χ0) is 14.8. The summed E-state index contributed by atoms with van der Waals surface area (Å²) in [6, 6.07) is -0.653. The quantitative estimate of drug-likeness (QED) is 0.586. The second kappa shape index (κ2) is 9.62. The lowest BCUT2D eigenvalue weighted by Crippen LogP contribution is -2.46. The van der Waals surface area contributed by atoms with Crippen LogP contribution in [0.5, 0.6) is 0 Å². The summed E-state index contributed by atoms with van der Waals surface area (Å²) in [4.78, 5) is 23.8. The molecule has 0 aromatic heterocycles. The molecule has 0 fully saturated rings. The number of amides is 3. The summed E-state index contributed by atoms with van der Waals surface area (Å²) < 4.78 is 24.4. The Kier molecular flexibility index (Phi) is 8.98. The Morgan fingerprint density at radius 2 is 1.95 bits per heavy atom. The topological polar surface area (TPSA) is 81.7 Å². The number of hydrogen-bond acceptors (Lipinski definition) is 4. The first-order chi connectivity index (χ1) is 8.85. The molecule has 0 bridgehead atoms. The number of hydrogen-bond donors (Lipinski definition) is 3. The van der Waals surface area contributed by atoms with E-state index in [1.54, 1.807) is 0 Å². The zero-order valence-electron chi connectivity index (χ0n) is 11.2. The molecule has 0 rings (SSSR count). The second-order valence-electron chi connectivity index (χ2n) is 4.50. The molecule has 0 atom stereocenters. The first kappa shape index (κ1) is 17.7. The molecule has 19 heavy (non-hydrogen) atoms. The zero-order valence-corrected chi connectivity index (χ0v) is 11.2. The Balaban J connectivity index is 4.07. The van der Waals surface area contributed by atoms with Crippen molar-refractivity contribution in [3.8, 4) is 0 Å². The maximum atomic E-state index is 12.2. The van der Waals surface area contributed by atoms with E-state index in [1.165, 1.54) is 0 Å². The van der Waals surface area contributed by atoms with Crippen molar-refractivity contribution < 1.29 is 23.5 Å². The van der Waals surface area contributed by atoms with Gasteiger partial charge in [-0.15, -0.1) is 0 Å². The molecule has 0 aromatic carbocycles. The first-order valence-corrected chi connectivity index (χ1v) is 6.04. The van der Waals surface area contributed by atoms with Crippen LogP contribution in [0.2, 0.25) is 0 Å². The van der Waals surface area contributed by atoms with E-state index >= 15 is 0 Å². The van der Waals surface area contributed by atoms with Crippen molar-refractivity contribution in [1.82, 2.24) is 15.5 Å². The maximum absolute atomic E-state index is 12.2. The summed E-state index contributed by atoms with van der Waals surface area (Å²) in [6.45, 7) is 2.84. The molecular weight excluding hydrogens is 260 g/mol. The van der Waals surface area contributed by atoms with Gasteiger partial charge in [0.2, 0.25) is 5.91 Å². The third-order valence-electron chi connectivity index (χ3n) is 2.10. The lowest BCUT2D eigenvalue weighted by molar-refractivity contribution is -0.121. The van der Waals surface area contributed by atoms with Gasteiger partial charge < -0.3 is 10.4 Å². The van der Waals surface area contributed by atoms with Crippen LogP contribution in [0.3, 0.4) is 0 Å². The van der Waals surface area contributed by atoms with Crippen LogP contribution in [0.4, 0.5) is 13.6 Å². The summed E-state index contributed by atoms with van der Waals surface area (Å²) in [5.41, 5.74) is 0. The largest absolute Gasteiger partial charge is 0.395 e. The van der Waals surface area contributed by atoms with Gasteiger partial charge in [0, 0.05) is 13.1 Å². The van der Waals surface area contributed by atoms with Gasteiger partial charge in [-0.25, -0.2) is 13.6 Å². The molecule has 6 nitrogen and oxygen atoms in total. The van der Waals surface area contributed by atoms with Crippen molar-refractivity contribution in [1.29, 1.82) is 0 Å². The molecule has 0 aliphatic heterocycles. The summed E-state index contributed by atoms with van der Waals surface area (Å²) in [6.07, 6.45) is -2.60. The predicted molar refractivity (Wildman–Crippen MR) is 65.9 cm³/mol. The standard InChI is InChI=1S/C11H21F2N3O3/c1-8(2)5-14-11(19)15-10(18)7-16(3-4-17)6-9(12)13/h8-9,17H,3-7H2,1-2H3,(H2,14,15,18,19). The molecule has 8 heteroatoms. The van der Waals surface area contributed by atoms with E-state index in [2.05, 4.69) is 5.32 Å². The van der Waals surface area contributed by atoms with Gasteiger partial charge in [-0.3, -0.25) is 15.0 Å². The third-order valence-corrected chi connectivity index (χ3v) is 2.10. The molecule has 0 aliphatic rings. The number of nitrogens with zero attached hydrogens (tertiary/aromatic N) is 1. The van der Waals surface area contributed by atoms with Gasteiger partial charge in [-0.1, -0.05) is 13.8 Å². The van der Waals surface area contributed by atoms with Gasteiger partial charge in [0.25, 0.3) is 6.43 Å². The van der Waals surface area contributed by atoms with Crippen LogP contribution in [-0.4, -0.2) is 61.2 Å². The van der Waals surface area contributed by atoms with Crippen molar-refractivity contribution in [2.45, 2.75) is 20.3 Å². The molecule has 0 spiro atoms. The van der Waals surface area contributed by atoms with Crippen LogP contribution in [0, 0.1) is 5.92 Å². The number of halogens is 2. The van der Waals surface area contributed by atoms with Crippen LogP contribution < -0.4 is 10.6 Å². The number of alkyl halides is 2. The van der Waals surface area contributed by atoms with E-state index in [0.29, 0.717) is 6.54 Å². The molecule has 0 heterocycles. The number of carbonyl (C=O) groups is 2. The van der Waals surface area contributed by atoms with Crippen molar-refractivity contribution >= 4 is 11.9 Å². The van der Waals surface area contributed by atoms with E-state index in [1.807, 2.05) is 19.2 Å². The highest BCUT2D eigenvalue weighted by Crippen LogP contribution is 1.97. The van der Waals surface area contributed by atoms with Crippen LogP contribution in [-0.2, 0) is 4.79 Å². The Morgan fingerprint density at radius 1 is 1.32 bits per heavy atom. The van der Waals surface area contributed by atoms with E-state index < -0.39 is 24.9 Å². The minimum Gasteiger partial charge on any atom is -0.395 e. The lowest BCUT2D eigenvalue weighted by atomic mass is 10.2. The summed E-state index contributed by atoms with van der Waals surface area (Å²) in [5.74, 6) is -0.444. The highest BCUT2D eigenvalue weighted by atomic mass is 19.3. The van der Waals surface area contributed by atoms with Gasteiger partial charge in [-0.05, 0) is 5.92 Å². The fourth-order valence-electron chi connectivity index (χ4n) is 1.28. The SMILES string of the molecule is CC(C)CNC(=O)NC(=O)CN(CCO)CC(F)F. The number of aliphatic hydroxyl groups is 1. The fourth-order valence-corrected chi connectivity index (χ4v) is 1.28. The summed E-state index contributed by atoms with van der Waals surface area (Å²) >= 11 is 0. The maximum Gasteiger partial charge on any atom is 0.321 e.